The van der Waals surface area contributed by atoms with Gasteiger partial charge in [-0.15, -0.1) is 0 Å². The van der Waals surface area contributed by atoms with E-state index in [1.165, 1.54) is 0 Å². The lowest BCUT2D eigenvalue weighted by molar-refractivity contribution is 0.00218. The summed E-state index contributed by atoms with van der Waals surface area (Å²) in [4.78, 5) is 0. The van der Waals surface area contributed by atoms with E-state index in [-0.39, 0.29) is 6.04 Å². The van der Waals surface area contributed by atoms with E-state index in [0.717, 1.165) is 11.1 Å². The SMILES string of the molecule is COC(C)(N=NC(C)c1ccc(C#N)cc1)c1ccc(C#N)cc1. The van der Waals surface area contributed by atoms with Gasteiger partial charge in [-0.05, 0) is 43.7 Å². The molecule has 0 aliphatic rings. The van der Waals surface area contributed by atoms with Crippen LogP contribution in [-0.2, 0) is 10.5 Å². The first-order valence-corrected chi connectivity index (χ1v) is 7.50. The smallest absolute Gasteiger partial charge is 0.201 e. The Morgan fingerprint density at radius 1 is 0.958 bits per heavy atom. The van der Waals surface area contributed by atoms with Crippen molar-refractivity contribution in [3.05, 3.63) is 70.8 Å². The first-order valence-electron chi connectivity index (χ1n) is 7.50. The molecule has 2 atom stereocenters. The number of nitriles is 2. The van der Waals surface area contributed by atoms with Crippen LogP contribution in [0, 0.1) is 22.7 Å². The summed E-state index contributed by atoms with van der Waals surface area (Å²) in [6, 6.07) is 18.4. The molecule has 0 saturated heterocycles. The normalized spacial score (nSPS) is 14.5. The fourth-order valence-electron chi connectivity index (χ4n) is 2.17. The molecular formula is C19H18N4O. The minimum Gasteiger partial charge on any atom is -0.352 e. The molecule has 0 N–H and O–H groups in total. The molecule has 2 unspecified atom stereocenters. The molecule has 0 heterocycles. The number of nitrogens with zero attached hydrogens (tertiary/aromatic N) is 4. The quantitative estimate of drug-likeness (QED) is 0.763. The Kier molecular flexibility index (Phi) is 5.42. The van der Waals surface area contributed by atoms with E-state index in [2.05, 4.69) is 22.4 Å². The lowest BCUT2D eigenvalue weighted by Gasteiger charge is -2.23. The molecule has 0 spiro atoms. The van der Waals surface area contributed by atoms with Gasteiger partial charge < -0.3 is 4.74 Å². The van der Waals surface area contributed by atoms with Crippen LogP contribution in [0.5, 0.6) is 0 Å². The third kappa shape index (κ3) is 3.84. The molecule has 0 fully saturated rings. The topological polar surface area (TPSA) is 81.5 Å². The molecule has 0 amide bonds. The zero-order chi connectivity index (χ0) is 17.6. The number of hydrogen-bond donors (Lipinski definition) is 0. The Labute approximate surface area is 141 Å². The number of ether oxygens (including phenoxy) is 1. The van der Waals surface area contributed by atoms with Crippen LogP contribution in [0.25, 0.3) is 0 Å². The summed E-state index contributed by atoms with van der Waals surface area (Å²) in [6.07, 6.45) is 0. The zero-order valence-electron chi connectivity index (χ0n) is 13.9. The van der Waals surface area contributed by atoms with Gasteiger partial charge in [-0.1, -0.05) is 24.3 Å². The van der Waals surface area contributed by atoms with Crippen LogP contribution in [0.1, 0.15) is 42.1 Å². The highest BCUT2D eigenvalue weighted by Gasteiger charge is 2.26. The third-order valence-corrected chi connectivity index (χ3v) is 3.89. The Bertz CT molecular complexity index is 797. The maximum absolute atomic E-state index is 8.88. The second-order valence-electron chi connectivity index (χ2n) is 5.50. The molecule has 0 radical (unpaired) electrons. The van der Waals surface area contributed by atoms with E-state index in [4.69, 9.17) is 15.3 Å². The maximum Gasteiger partial charge on any atom is 0.201 e. The highest BCUT2D eigenvalue weighted by Crippen LogP contribution is 2.29. The summed E-state index contributed by atoms with van der Waals surface area (Å²) < 4.78 is 5.53. The zero-order valence-corrected chi connectivity index (χ0v) is 13.9. The van der Waals surface area contributed by atoms with Crippen molar-refractivity contribution in [1.29, 1.82) is 10.5 Å². The van der Waals surface area contributed by atoms with Crippen LogP contribution in [-0.4, -0.2) is 7.11 Å². The molecule has 0 aliphatic heterocycles. The number of benzene rings is 2. The average Bonchev–Trinajstić information content (AvgIpc) is 2.66. The number of azo groups is 1. The van der Waals surface area contributed by atoms with Gasteiger partial charge in [0.1, 0.15) is 0 Å². The van der Waals surface area contributed by atoms with E-state index < -0.39 is 5.72 Å². The fourth-order valence-corrected chi connectivity index (χ4v) is 2.17. The van der Waals surface area contributed by atoms with Crippen LogP contribution in [0.15, 0.2) is 58.8 Å². The van der Waals surface area contributed by atoms with Crippen molar-refractivity contribution in [2.45, 2.75) is 25.6 Å². The van der Waals surface area contributed by atoms with Crippen LogP contribution in [0.2, 0.25) is 0 Å². The molecule has 5 heteroatoms. The summed E-state index contributed by atoms with van der Waals surface area (Å²) in [6.45, 7) is 3.75. The van der Waals surface area contributed by atoms with Crippen LogP contribution < -0.4 is 0 Å². The second-order valence-corrected chi connectivity index (χ2v) is 5.50. The van der Waals surface area contributed by atoms with Gasteiger partial charge in [0, 0.05) is 12.7 Å². The van der Waals surface area contributed by atoms with Crippen molar-refractivity contribution in [3.63, 3.8) is 0 Å². The third-order valence-electron chi connectivity index (χ3n) is 3.89. The molecule has 2 aromatic rings. The molecule has 2 rings (SSSR count). The molecule has 0 saturated carbocycles. The first kappa shape index (κ1) is 17.3. The van der Waals surface area contributed by atoms with Crippen molar-refractivity contribution >= 4 is 0 Å². The van der Waals surface area contributed by atoms with Gasteiger partial charge >= 0.3 is 0 Å². The molecule has 24 heavy (non-hydrogen) atoms. The monoisotopic (exact) mass is 318 g/mol. The number of methoxy groups -OCH3 is 1. The van der Waals surface area contributed by atoms with Crippen molar-refractivity contribution in [2.75, 3.05) is 7.11 Å². The van der Waals surface area contributed by atoms with Crippen molar-refractivity contribution in [3.8, 4) is 12.1 Å². The van der Waals surface area contributed by atoms with E-state index in [1.54, 1.807) is 31.4 Å². The minimum absolute atomic E-state index is 0.161. The summed E-state index contributed by atoms with van der Waals surface area (Å²) in [5.74, 6) is 0. The molecular weight excluding hydrogens is 300 g/mol. The van der Waals surface area contributed by atoms with E-state index in [9.17, 15) is 0 Å². The summed E-state index contributed by atoms with van der Waals surface area (Å²) in [5.41, 5.74) is 2.06. The lowest BCUT2D eigenvalue weighted by atomic mass is 10.0. The standard InChI is InChI=1S/C19H18N4O/c1-14(17-8-4-15(12-20)5-9-17)22-23-19(2,24-3)18-10-6-16(13-21)7-11-18/h4-11,14H,1-3H3. The highest BCUT2D eigenvalue weighted by molar-refractivity contribution is 5.34. The summed E-state index contributed by atoms with van der Waals surface area (Å²) >= 11 is 0. The second kappa shape index (κ2) is 7.50. The van der Waals surface area contributed by atoms with Gasteiger partial charge in [0.2, 0.25) is 5.72 Å². The van der Waals surface area contributed by atoms with Gasteiger partial charge in [-0.3, -0.25) is 0 Å². The highest BCUT2D eigenvalue weighted by atomic mass is 16.5. The van der Waals surface area contributed by atoms with E-state index in [1.807, 2.05) is 38.1 Å². The molecule has 120 valence electrons. The predicted octanol–water partition coefficient (Wildman–Crippen LogP) is 4.46. The van der Waals surface area contributed by atoms with Crippen LogP contribution >= 0.6 is 0 Å². The van der Waals surface area contributed by atoms with Gasteiger partial charge in [0.05, 0.1) is 29.3 Å². The van der Waals surface area contributed by atoms with Crippen molar-refractivity contribution in [1.82, 2.24) is 0 Å². The minimum atomic E-state index is -0.922. The lowest BCUT2D eigenvalue weighted by Crippen LogP contribution is -2.21. The fraction of sp³-hybridized carbons (Fsp3) is 0.263. The average molecular weight is 318 g/mol. The Morgan fingerprint density at radius 2 is 1.46 bits per heavy atom. The largest absolute Gasteiger partial charge is 0.352 e. The number of hydrogen-bond acceptors (Lipinski definition) is 5. The Balaban J connectivity index is 2.21. The molecule has 0 aromatic heterocycles. The maximum atomic E-state index is 8.88. The molecule has 5 nitrogen and oxygen atoms in total. The molecule has 2 aromatic carbocycles. The van der Waals surface area contributed by atoms with Crippen molar-refractivity contribution in [2.24, 2.45) is 10.2 Å². The van der Waals surface area contributed by atoms with E-state index in [0.29, 0.717) is 11.1 Å². The molecule has 0 bridgehead atoms. The van der Waals surface area contributed by atoms with E-state index >= 15 is 0 Å². The molecule has 0 aliphatic carbocycles. The van der Waals surface area contributed by atoms with Gasteiger partial charge in [0.15, 0.2) is 0 Å². The van der Waals surface area contributed by atoms with Gasteiger partial charge in [-0.2, -0.15) is 20.8 Å². The predicted molar refractivity (Wildman–Crippen MR) is 89.9 cm³/mol. The van der Waals surface area contributed by atoms with Crippen LogP contribution in [0.3, 0.4) is 0 Å². The Hall–Kier alpha value is -3.02. The summed E-state index contributed by atoms with van der Waals surface area (Å²) in [7, 11) is 1.57. The van der Waals surface area contributed by atoms with Crippen LogP contribution in [0.4, 0.5) is 0 Å². The summed E-state index contributed by atoms with van der Waals surface area (Å²) in [5, 5.41) is 26.5. The number of rotatable bonds is 5. The Morgan fingerprint density at radius 3 is 1.92 bits per heavy atom. The first-order chi connectivity index (χ1) is 11.5. The van der Waals surface area contributed by atoms with Gasteiger partial charge in [-0.25, -0.2) is 0 Å². The van der Waals surface area contributed by atoms with Crippen molar-refractivity contribution < 1.29 is 4.74 Å². The van der Waals surface area contributed by atoms with Gasteiger partial charge in [0.25, 0.3) is 0 Å².